The number of rotatable bonds is 5. The van der Waals surface area contributed by atoms with Crippen LogP contribution in [0.25, 0.3) is 5.65 Å². The number of nitrogens with one attached hydrogen (secondary N) is 2. The minimum atomic E-state index is -1.04. The fraction of sp³-hybridized carbons (Fsp3) is 0.438. The summed E-state index contributed by atoms with van der Waals surface area (Å²) in [6, 6.07) is 3.15. The number of carboxylic acid groups (broad SMARTS) is 1. The third-order valence-electron chi connectivity index (χ3n) is 4.44. The second-order valence-corrected chi connectivity index (χ2v) is 5.99. The molecule has 1 aliphatic carbocycles. The fourth-order valence-electron chi connectivity index (χ4n) is 3.29. The van der Waals surface area contributed by atoms with Crippen LogP contribution in [0.1, 0.15) is 54.1 Å². The molecule has 3 rings (SSSR count). The van der Waals surface area contributed by atoms with Crippen LogP contribution in [-0.4, -0.2) is 38.1 Å². The number of fused-ring (bicyclic) bond motifs is 1. The van der Waals surface area contributed by atoms with E-state index in [1.165, 1.54) is 12.5 Å². The first-order valence-corrected chi connectivity index (χ1v) is 8.03. The molecule has 2 aromatic rings. The van der Waals surface area contributed by atoms with Crippen LogP contribution in [0.5, 0.6) is 0 Å². The molecule has 8 heteroatoms. The molecule has 4 N–H and O–H groups in total. The summed E-state index contributed by atoms with van der Waals surface area (Å²) in [5.74, 6) is -0.766. The van der Waals surface area contributed by atoms with E-state index in [9.17, 15) is 14.7 Å². The summed E-state index contributed by atoms with van der Waals surface area (Å²) in [5.41, 5.74) is 2.84. The first-order chi connectivity index (χ1) is 11.6. The van der Waals surface area contributed by atoms with Crippen LogP contribution in [-0.2, 0) is 4.79 Å². The largest absolute Gasteiger partial charge is 0.478 e. The highest BCUT2D eigenvalue weighted by Crippen LogP contribution is 2.36. The van der Waals surface area contributed by atoms with Crippen molar-refractivity contribution in [3.63, 3.8) is 0 Å². The topological polar surface area (TPSA) is 116 Å². The molecule has 2 heterocycles. The summed E-state index contributed by atoms with van der Waals surface area (Å²) in [4.78, 5) is 27.4. The van der Waals surface area contributed by atoms with Crippen molar-refractivity contribution in [2.45, 2.75) is 38.0 Å². The van der Waals surface area contributed by atoms with E-state index in [0.29, 0.717) is 11.5 Å². The summed E-state index contributed by atoms with van der Waals surface area (Å²) in [7, 11) is 0. The van der Waals surface area contributed by atoms with Gasteiger partial charge in [0.1, 0.15) is 11.4 Å². The summed E-state index contributed by atoms with van der Waals surface area (Å²) >= 11 is 0. The quantitative estimate of drug-likeness (QED) is 0.491. The third-order valence-corrected chi connectivity index (χ3v) is 4.44. The number of carboxylic acids is 1. The molecule has 0 spiro atoms. The lowest BCUT2D eigenvalue weighted by atomic mass is 9.87. The first-order valence-electron chi connectivity index (χ1n) is 8.03. The molecule has 1 saturated carbocycles. The number of imidazole rings is 1. The van der Waals surface area contributed by atoms with E-state index in [1.807, 2.05) is 0 Å². The molecule has 0 aromatic carbocycles. The van der Waals surface area contributed by atoms with Gasteiger partial charge < -0.3 is 10.4 Å². The van der Waals surface area contributed by atoms with E-state index in [1.54, 1.807) is 22.1 Å². The van der Waals surface area contributed by atoms with E-state index >= 15 is 0 Å². The molecule has 1 fully saturated rings. The van der Waals surface area contributed by atoms with Crippen molar-refractivity contribution in [2.24, 2.45) is 0 Å². The average Bonchev–Trinajstić information content (AvgIpc) is 2.98. The van der Waals surface area contributed by atoms with Crippen molar-refractivity contribution in [3.8, 4) is 0 Å². The number of pyridine rings is 1. The van der Waals surface area contributed by atoms with E-state index < -0.39 is 11.9 Å². The van der Waals surface area contributed by atoms with Gasteiger partial charge in [0.15, 0.2) is 5.65 Å². The number of anilines is 1. The Kier molecular flexibility index (Phi) is 4.66. The highest BCUT2D eigenvalue weighted by atomic mass is 16.5. The van der Waals surface area contributed by atoms with Gasteiger partial charge in [0.2, 0.25) is 0 Å². The SMILES string of the molecule is O=C(CNc1c(C2CCCCC2)nc2c(C(=O)O)cccn12)NO. The van der Waals surface area contributed by atoms with E-state index in [4.69, 9.17) is 5.21 Å². The maximum Gasteiger partial charge on any atom is 0.339 e. The molecule has 0 aliphatic heterocycles. The fourth-order valence-corrected chi connectivity index (χ4v) is 3.29. The van der Waals surface area contributed by atoms with Crippen LogP contribution in [0.3, 0.4) is 0 Å². The molecular formula is C16H20N4O4. The van der Waals surface area contributed by atoms with Crippen LogP contribution in [0.4, 0.5) is 5.82 Å². The number of aromatic nitrogens is 2. The van der Waals surface area contributed by atoms with Crippen LogP contribution in [0.2, 0.25) is 0 Å². The van der Waals surface area contributed by atoms with Crippen LogP contribution in [0.15, 0.2) is 18.3 Å². The number of carbonyl (C=O) groups excluding carboxylic acids is 1. The van der Waals surface area contributed by atoms with Gasteiger partial charge in [-0.25, -0.2) is 15.3 Å². The van der Waals surface area contributed by atoms with Crippen molar-refractivity contribution < 1.29 is 19.9 Å². The van der Waals surface area contributed by atoms with Gasteiger partial charge in [0.05, 0.1) is 12.2 Å². The zero-order valence-electron chi connectivity index (χ0n) is 13.2. The van der Waals surface area contributed by atoms with Crippen LogP contribution < -0.4 is 10.8 Å². The van der Waals surface area contributed by atoms with Crippen LogP contribution in [0, 0.1) is 0 Å². The number of hydrogen-bond acceptors (Lipinski definition) is 5. The van der Waals surface area contributed by atoms with E-state index in [-0.39, 0.29) is 18.0 Å². The molecule has 0 bridgehead atoms. The Hall–Kier alpha value is -2.61. The Bertz CT molecular complexity index is 765. The summed E-state index contributed by atoms with van der Waals surface area (Å²) in [5, 5.41) is 21.0. The normalized spacial score (nSPS) is 15.4. The maximum absolute atomic E-state index is 11.5. The second kappa shape index (κ2) is 6.88. The standard InChI is InChI=1S/C16H20N4O4/c21-12(19-24)9-17-15-13(10-5-2-1-3-6-10)18-14-11(16(22)23)7-4-8-20(14)15/h4,7-8,10,17,24H,1-3,5-6,9H2,(H,19,21)(H,22,23). The Labute approximate surface area is 138 Å². The predicted octanol–water partition coefficient (Wildman–Crippen LogP) is 2.00. The Morgan fingerprint density at radius 3 is 2.71 bits per heavy atom. The molecule has 1 aliphatic rings. The maximum atomic E-state index is 11.5. The summed E-state index contributed by atoms with van der Waals surface area (Å²) in [6.07, 6.45) is 7.13. The molecule has 24 heavy (non-hydrogen) atoms. The number of aromatic carboxylic acids is 1. The lowest BCUT2D eigenvalue weighted by Gasteiger charge is -2.21. The molecule has 1 amide bonds. The van der Waals surface area contributed by atoms with E-state index in [0.717, 1.165) is 31.4 Å². The second-order valence-electron chi connectivity index (χ2n) is 5.99. The number of hydrogen-bond donors (Lipinski definition) is 4. The highest BCUT2D eigenvalue weighted by molar-refractivity contribution is 5.95. The molecule has 8 nitrogen and oxygen atoms in total. The van der Waals surface area contributed by atoms with Gasteiger partial charge in [-0.3, -0.25) is 14.4 Å². The van der Waals surface area contributed by atoms with Gasteiger partial charge in [-0.2, -0.15) is 0 Å². The molecule has 0 unspecified atom stereocenters. The minimum Gasteiger partial charge on any atom is -0.478 e. The van der Waals surface area contributed by atoms with Crippen molar-refractivity contribution in [1.29, 1.82) is 0 Å². The number of nitrogens with zero attached hydrogens (tertiary/aromatic N) is 2. The van der Waals surface area contributed by atoms with Crippen LogP contribution >= 0.6 is 0 Å². The number of amides is 1. The Morgan fingerprint density at radius 1 is 1.29 bits per heavy atom. The molecule has 0 atom stereocenters. The smallest absolute Gasteiger partial charge is 0.339 e. The summed E-state index contributed by atoms with van der Waals surface area (Å²) in [6.45, 7) is -0.124. The lowest BCUT2D eigenvalue weighted by molar-refractivity contribution is -0.127. The monoisotopic (exact) mass is 332 g/mol. The molecular weight excluding hydrogens is 312 g/mol. The van der Waals surface area contributed by atoms with Crippen molar-refractivity contribution in [3.05, 3.63) is 29.6 Å². The first kappa shape index (κ1) is 16.3. The number of hydroxylamine groups is 1. The average molecular weight is 332 g/mol. The third kappa shape index (κ3) is 3.05. The molecule has 128 valence electrons. The summed E-state index contributed by atoms with van der Waals surface area (Å²) < 4.78 is 1.66. The van der Waals surface area contributed by atoms with E-state index in [2.05, 4.69) is 10.3 Å². The Morgan fingerprint density at radius 2 is 2.04 bits per heavy atom. The van der Waals surface area contributed by atoms with Gasteiger partial charge in [-0.15, -0.1) is 0 Å². The van der Waals surface area contributed by atoms with Crippen molar-refractivity contribution in [2.75, 3.05) is 11.9 Å². The van der Waals surface area contributed by atoms with Gasteiger partial charge in [-0.05, 0) is 25.0 Å². The Balaban J connectivity index is 2.07. The number of carbonyl (C=O) groups is 2. The van der Waals surface area contributed by atoms with Crippen molar-refractivity contribution >= 4 is 23.3 Å². The molecule has 0 radical (unpaired) electrons. The molecule has 2 aromatic heterocycles. The zero-order valence-corrected chi connectivity index (χ0v) is 13.2. The van der Waals surface area contributed by atoms with Gasteiger partial charge in [0.25, 0.3) is 5.91 Å². The van der Waals surface area contributed by atoms with Gasteiger partial charge >= 0.3 is 5.97 Å². The van der Waals surface area contributed by atoms with Gasteiger partial charge in [0, 0.05) is 12.1 Å². The highest BCUT2D eigenvalue weighted by Gasteiger charge is 2.25. The van der Waals surface area contributed by atoms with Crippen molar-refractivity contribution in [1.82, 2.24) is 14.9 Å². The zero-order chi connectivity index (χ0) is 17.1. The predicted molar refractivity (Wildman–Crippen MR) is 86.4 cm³/mol. The minimum absolute atomic E-state index is 0.120. The van der Waals surface area contributed by atoms with Gasteiger partial charge in [-0.1, -0.05) is 19.3 Å². The lowest BCUT2D eigenvalue weighted by Crippen LogP contribution is -2.27. The molecule has 0 saturated heterocycles.